The highest BCUT2D eigenvalue weighted by molar-refractivity contribution is 8.13. The molecule has 1 aromatic carbocycles. The van der Waals surface area contributed by atoms with E-state index in [1.54, 1.807) is 0 Å². The van der Waals surface area contributed by atoms with Gasteiger partial charge < -0.3 is 4.74 Å². The van der Waals surface area contributed by atoms with Crippen molar-refractivity contribution in [1.29, 1.82) is 0 Å². The van der Waals surface area contributed by atoms with Crippen LogP contribution in [0, 0.1) is 0 Å². The van der Waals surface area contributed by atoms with Crippen molar-refractivity contribution in [3.63, 3.8) is 0 Å². The molecule has 0 aliphatic rings. The van der Waals surface area contributed by atoms with Crippen LogP contribution >= 0.6 is 10.7 Å². The normalized spacial score (nSPS) is 11.8. The van der Waals surface area contributed by atoms with Gasteiger partial charge in [0, 0.05) is 10.7 Å². The van der Waals surface area contributed by atoms with Gasteiger partial charge in [0.2, 0.25) is 9.05 Å². The summed E-state index contributed by atoms with van der Waals surface area (Å²) < 4.78 is 27.0. The van der Waals surface area contributed by atoms with E-state index < -0.39 is 9.05 Å². The van der Waals surface area contributed by atoms with Crippen LogP contribution in [-0.2, 0) is 9.05 Å². The van der Waals surface area contributed by atoms with Crippen molar-refractivity contribution >= 4 is 19.7 Å². The van der Waals surface area contributed by atoms with Crippen LogP contribution in [0.4, 0.5) is 0 Å². The van der Waals surface area contributed by atoms with Crippen LogP contribution in [0.5, 0.6) is 5.75 Å². The number of halogens is 1. The second kappa shape index (κ2) is 7.00. The van der Waals surface area contributed by atoms with E-state index in [2.05, 4.69) is 19.9 Å². The van der Waals surface area contributed by atoms with E-state index in [1.807, 2.05) is 18.2 Å². The average molecular weight is 291 g/mol. The molecule has 1 aromatic rings. The maximum absolute atomic E-state index is 10.7. The van der Waals surface area contributed by atoms with Crippen molar-refractivity contribution in [2.75, 3.05) is 12.4 Å². The van der Waals surface area contributed by atoms with Gasteiger partial charge in [0.05, 0.1) is 12.4 Å². The molecule has 0 bridgehead atoms. The molecule has 1 rings (SSSR count). The molecule has 0 radical (unpaired) electrons. The summed E-state index contributed by atoms with van der Waals surface area (Å²) in [4.78, 5) is 0. The standard InChI is InChI=1S/C13H19ClO3S/c1-11(2)12-6-5-7-13(10-12)17-8-3-4-9-18(14,15)16/h5-7,10-11H,3-4,8-9H2,1-2H3. The van der Waals surface area contributed by atoms with Gasteiger partial charge in [0.1, 0.15) is 5.75 Å². The van der Waals surface area contributed by atoms with Crippen molar-refractivity contribution in [3.8, 4) is 5.75 Å². The van der Waals surface area contributed by atoms with Gasteiger partial charge in [0.15, 0.2) is 0 Å². The zero-order chi connectivity index (χ0) is 13.6. The van der Waals surface area contributed by atoms with Gasteiger partial charge in [-0.15, -0.1) is 0 Å². The molecular formula is C13H19ClO3S. The van der Waals surface area contributed by atoms with Gasteiger partial charge >= 0.3 is 0 Å². The van der Waals surface area contributed by atoms with Crippen molar-refractivity contribution in [2.45, 2.75) is 32.6 Å². The third-order valence-electron chi connectivity index (χ3n) is 2.58. The van der Waals surface area contributed by atoms with E-state index in [9.17, 15) is 8.42 Å². The lowest BCUT2D eigenvalue weighted by Gasteiger charge is -2.09. The zero-order valence-electron chi connectivity index (χ0n) is 10.7. The quantitative estimate of drug-likeness (QED) is 0.570. The third kappa shape index (κ3) is 6.26. The first-order valence-corrected chi connectivity index (χ1v) is 8.51. The summed E-state index contributed by atoms with van der Waals surface area (Å²) in [6.45, 7) is 4.77. The number of hydrogen-bond acceptors (Lipinski definition) is 3. The van der Waals surface area contributed by atoms with Gasteiger partial charge in [-0.1, -0.05) is 26.0 Å². The molecule has 0 saturated heterocycles. The Balaban J connectivity index is 2.33. The molecule has 102 valence electrons. The Bertz CT molecular complexity index is 469. The SMILES string of the molecule is CC(C)c1cccc(OCCCCS(=O)(=O)Cl)c1. The second-order valence-corrected chi connectivity index (χ2v) is 7.42. The van der Waals surface area contributed by atoms with Crippen LogP contribution in [0.2, 0.25) is 0 Å². The maximum atomic E-state index is 10.7. The minimum Gasteiger partial charge on any atom is -0.494 e. The summed E-state index contributed by atoms with van der Waals surface area (Å²) in [5.41, 5.74) is 1.23. The third-order valence-corrected chi connectivity index (χ3v) is 3.82. The number of unbranched alkanes of at least 4 members (excludes halogenated alkanes) is 1. The Kier molecular flexibility index (Phi) is 5.96. The van der Waals surface area contributed by atoms with Crippen LogP contribution in [0.3, 0.4) is 0 Å². The Morgan fingerprint density at radius 3 is 2.61 bits per heavy atom. The minimum atomic E-state index is -3.37. The van der Waals surface area contributed by atoms with E-state index >= 15 is 0 Å². The van der Waals surface area contributed by atoms with Gasteiger partial charge in [-0.05, 0) is 36.5 Å². The Morgan fingerprint density at radius 1 is 1.28 bits per heavy atom. The molecule has 0 N–H and O–H groups in total. The van der Waals surface area contributed by atoms with E-state index in [4.69, 9.17) is 15.4 Å². The Labute approximate surface area is 114 Å². The first kappa shape index (κ1) is 15.3. The van der Waals surface area contributed by atoms with Crippen molar-refractivity contribution in [3.05, 3.63) is 29.8 Å². The first-order valence-electron chi connectivity index (χ1n) is 6.03. The summed E-state index contributed by atoms with van der Waals surface area (Å²) >= 11 is 0. The highest BCUT2D eigenvalue weighted by Crippen LogP contribution is 2.20. The molecule has 0 unspecified atom stereocenters. The van der Waals surface area contributed by atoms with Crippen molar-refractivity contribution in [1.82, 2.24) is 0 Å². The largest absolute Gasteiger partial charge is 0.494 e. The van der Waals surface area contributed by atoms with E-state index in [-0.39, 0.29) is 5.75 Å². The van der Waals surface area contributed by atoms with Gasteiger partial charge in [0.25, 0.3) is 0 Å². The molecule has 0 saturated carbocycles. The van der Waals surface area contributed by atoms with Crippen LogP contribution in [-0.4, -0.2) is 20.8 Å². The van der Waals surface area contributed by atoms with Crippen LogP contribution in [0.1, 0.15) is 38.2 Å². The molecule has 0 fully saturated rings. The zero-order valence-corrected chi connectivity index (χ0v) is 12.3. The summed E-state index contributed by atoms with van der Waals surface area (Å²) in [7, 11) is 1.75. The lowest BCUT2D eigenvalue weighted by Crippen LogP contribution is -2.02. The minimum absolute atomic E-state index is 0.00392. The average Bonchev–Trinajstić information content (AvgIpc) is 2.27. The topological polar surface area (TPSA) is 43.4 Å². The van der Waals surface area contributed by atoms with Crippen LogP contribution < -0.4 is 4.74 Å². The van der Waals surface area contributed by atoms with Crippen molar-refractivity contribution < 1.29 is 13.2 Å². The lowest BCUT2D eigenvalue weighted by atomic mass is 10.0. The van der Waals surface area contributed by atoms with Crippen molar-refractivity contribution in [2.24, 2.45) is 0 Å². The predicted octanol–water partition coefficient (Wildman–Crippen LogP) is 3.54. The number of benzene rings is 1. The highest BCUT2D eigenvalue weighted by Gasteiger charge is 2.04. The van der Waals surface area contributed by atoms with Crippen LogP contribution in [0.25, 0.3) is 0 Å². The van der Waals surface area contributed by atoms with Crippen LogP contribution in [0.15, 0.2) is 24.3 Å². The molecule has 0 heterocycles. The fourth-order valence-corrected chi connectivity index (χ4v) is 2.41. The highest BCUT2D eigenvalue weighted by atomic mass is 35.7. The molecule has 0 amide bonds. The lowest BCUT2D eigenvalue weighted by molar-refractivity contribution is 0.309. The summed E-state index contributed by atoms with van der Waals surface area (Å²) in [6.07, 6.45) is 1.20. The Hall–Kier alpha value is -0.740. The van der Waals surface area contributed by atoms with Gasteiger partial charge in [-0.25, -0.2) is 8.42 Å². The molecule has 0 atom stereocenters. The first-order chi connectivity index (χ1) is 8.38. The summed E-state index contributed by atoms with van der Waals surface area (Å²) in [5, 5.41) is 0. The number of rotatable bonds is 7. The van der Waals surface area contributed by atoms with E-state index in [0.29, 0.717) is 25.4 Å². The fourth-order valence-electron chi connectivity index (χ4n) is 1.53. The number of hydrogen-bond donors (Lipinski definition) is 0. The smallest absolute Gasteiger partial charge is 0.232 e. The summed E-state index contributed by atoms with van der Waals surface area (Å²) in [6, 6.07) is 7.96. The molecule has 3 nitrogen and oxygen atoms in total. The molecular weight excluding hydrogens is 272 g/mol. The van der Waals surface area contributed by atoms with Gasteiger partial charge in [-0.3, -0.25) is 0 Å². The summed E-state index contributed by atoms with van der Waals surface area (Å²) in [5.74, 6) is 1.30. The monoisotopic (exact) mass is 290 g/mol. The van der Waals surface area contributed by atoms with E-state index in [0.717, 1.165) is 5.75 Å². The molecule has 0 aromatic heterocycles. The number of ether oxygens (including phenoxy) is 1. The predicted molar refractivity (Wildman–Crippen MR) is 74.9 cm³/mol. The van der Waals surface area contributed by atoms with E-state index in [1.165, 1.54) is 5.56 Å². The maximum Gasteiger partial charge on any atom is 0.232 e. The molecule has 0 aliphatic heterocycles. The fraction of sp³-hybridized carbons (Fsp3) is 0.538. The molecule has 18 heavy (non-hydrogen) atoms. The Morgan fingerprint density at radius 2 is 2.00 bits per heavy atom. The molecule has 0 spiro atoms. The molecule has 5 heteroatoms. The molecule has 0 aliphatic carbocycles. The van der Waals surface area contributed by atoms with Gasteiger partial charge in [-0.2, -0.15) is 0 Å². The second-order valence-electron chi connectivity index (χ2n) is 4.53.